The van der Waals surface area contributed by atoms with Crippen LogP contribution in [0.5, 0.6) is 0 Å². The predicted molar refractivity (Wildman–Crippen MR) is 57.6 cm³/mol. The Morgan fingerprint density at radius 2 is 2.06 bits per heavy atom. The van der Waals surface area contributed by atoms with Crippen LogP contribution in [0.15, 0.2) is 0 Å². The SMILES string of the molecule is COC(=O)NC1CC1(C(=O)O)C1CCOCC1. The lowest BCUT2D eigenvalue weighted by Crippen LogP contribution is -2.39. The molecule has 1 aliphatic heterocycles. The number of carbonyl (C=O) groups excluding carboxylic acids is 1. The molecule has 2 rings (SSSR count). The Balaban J connectivity index is 2.03. The molecule has 96 valence electrons. The molecule has 2 aliphatic rings. The molecule has 0 spiro atoms. The van der Waals surface area contributed by atoms with E-state index in [1.54, 1.807) is 0 Å². The quantitative estimate of drug-likeness (QED) is 0.758. The summed E-state index contributed by atoms with van der Waals surface area (Å²) in [5, 5.41) is 12.0. The molecular formula is C11H17NO5. The summed E-state index contributed by atoms with van der Waals surface area (Å²) in [6.45, 7) is 1.20. The number of carbonyl (C=O) groups is 2. The van der Waals surface area contributed by atoms with E-state index in [2.05, 4.69) is 10.1 Å². The molecule has 0 aromatic carbocycles. The summed E-state index contributed by atoms with van der Waals surface area (Å²) >= 11 is 0. The number of ether oxygens (including phenoxy) is 2. The molecule has 2 atom stereocenters. The number of carboxylic acid groups (broad SMARTS) is 1. The van der Waals surface area contributed by atoms with Crippen molar-refractivity contribution in [2.75, 3.05) is 20.3 Å². The lowest BCUT2D eigenvalue weighted by molar-refractivity contribution is -0.147. The zero-order chi connectivity index (χ0) is 12.5. The van der Waals surface area contributed by atoms with Gasteiger partial charge < -0.3 is 19.9 Å². The number of alkyl carbamates (subject to hydrolysis) is 1. The highest BCUT2D eigenvalue weighted by atomic mass is 16.5. The molecule has 2 fully saturated rings. The molecule has 1 aliphatic carbocycles. The Morgan fingerprint density at radius 3 is 2.59 bits per heavy atom. The van der Waals surface area contributed by atoms with Gasteiger partial charge in [0.05, 0.1) is 12.5 Å². The van der Waals surface area contributed by atoms with Crippen LogP contribution in [-0.2, 0) is 14.3 Å². The third-order valence-corrected chi connectivity index (χ3v) is 3.83. The molecule has 1 heterocycles. The van der Waals surface area contributed by atoms with E-state index in [4.69, 9.17) is 4.74 Å². The number of amides is 1. The number of hydrogen-bond acceptors (Lipinski definition) is 4. The molecule has 1 saturated heterocycles. The minimum Gasteiger partial charge on any atom is -0.481 e. The summed E-state index contributed by atoms with van der Waals surface area (Å²) in [7, 11) is 1.27. The largest absolute Gasteiger partial charge is 0.481 e. The summed E-state index contributed by atoms with van der Waals surface area (Å²) in [4.78, 5) is 22.5. The van der Waals surface area contributed by atoms with Gasteiger partial charge in [-0.1, -0.05) is 0 Å². The van der Waals surface area contributed by atoms with Crippen molar-refractivity contribution < 1.29 is 24.2 Å². The van der Waals surface area contributed by atoms with Crippen LogP contribution in [0.4, 0.5) is 4.79 Å². The van der Waals surface area contributed by atoms with Crippen molar-refractivity contribution in [1.29, 1.82) is 0 Å². The Bertz CT molecular complexity index is 326. The Morgan fingerprint density at radius 1 is 1.41 bits per heavy atom. The summed E-state index contributed by atoms with van der Waals surface area (Å²) in [5.74, 6) is -0.748. The number of nitrogens with one attached hydrogen (secondary N) is 1. The van der Waals surface area contributed by atoms with E-state index in [-0.39, 0.29) is 12.0 Å². The minimum absolute atomic E-state index is 0.0795. The van der Waals surface area contributed by atoms with Crippen molar-refractivity contribution in [2.45, 2.75) is 25.3 Å². The average molecular weight is 243 g/mol. The number of carboxylic acids is 1. The number of rotatable bonds is 3. The van der Waals surface area contributed by atoms with Crippen LogP contribution in [0.25, 0.3) is 0 Å². The number of aliphatic carboxylic acids is 1. The second-order valence-corrected chi connectivity index (χ2v) is 4.62. The van der Waals surface area contributed by atoms with Gasteiger partial charge in [0, 0.05) is 19.3 Å². The van der Waals surface area contributed by atoms with E-state index in [1.165, 1.54) is 7.11 Å². The molecule has 0 radical (unpaired) electrons. The van der Waals surface area contributed by atoms with E-state index in [0.29, 0.717) is 19.6 Å². The van der Waals surface area contributed by atoms with Crippen molar-refractivity contribution in [3.05, 3.63) is 0 Å². The van der Waals surface area contributed by atoms with Crippen molar-refractivity contribution in [3.63, 3.8) is 0 Å². The van der Waals surface area contributed by atoms with Gasteiger partial charge in [0.25, 0.3) is 0 Å². The number of methoxy groups -OCH3 is 1. The first-order valence-electron chi connectivity index (χ1n) is 5.77. The van der Waals surface area contributed by atoms with Crippen LogP contribution >= 0.6 is 0 Å². The van der Waals surface area contributed by atoms with Crippen molar-refractivity contribution in [3.8, 4) is 0 Å². The van der Waals surface area contributed by atoms with Gasteiger partial charge in [-0.3, -0.25) is 4.79 Å². The lowest BCUT2D eigenvalue weighted by atomic mass is 9.82. The molecule has 2 N–H and O–H groups in total. The van der Waals surface area contributed by atoms with Crippen LogP contribution in [0.1, 0.15) is 19.3 Å². The Hall–Kier alpha value is -1.30. The third kappa shape index (κ3) is 2.09. The third-order valence-electron chi connectivity index (χ3n) is 3.83. The normalized spacial score (nSPS) is 32.9. The summed E-state index contributed by atoms with van der Waals surface area (Å²) < 4.78 is 9.73. The molecule has 0 aromatic rings. The first-order valence-corrected chi connectivity index (χ1v) is 5.77. The fourth-order valence-corrected chi connectivity index (χ4v) is 2.73. The monoisotopic (exact) mass is 243 g/mol. The average Bonchev–Trinajstić information content (AvgIpc) is 3.05. The Labute approximate surface area is 99.3 Å². The second-order valence-electron chi connectivity index (χ2n) is 4.62. The number of hydrogen-bond donors (Lipinski definition) is 2. The molecule has 1 saturated carbocycles. The van der Waals surface area contributed by atoms with Crippen LogP contribution in [0.2, 0.25) is 0 Å². The molecular weight excluding hydrogens is 226 g/mol. The van der Waals surface area contributed by atoms with Crippen LogP contribution < -0.4 is 5.32 Å². The van der Waals surface area contributed by atoms with E-state index < -0.39 is 17.5 Å². The maximum Gasteiger partial charge on any atom is 0.407 e. The molecule has 6 heteroatoms. The summed E-state index contributed by atoms with van der Waals surface area (Å²) in [6, 6.07) is -0.310. The summed E-state index contributed by atoms with van der Waals surface area (Å²) in [6.07, 6.45) is 1.41. The Kier molecular flexibility index (Phi) is 3.24. The van der Waals surface area contributed by atoms with Gasteiger partial charge in [0.2, 0.25) is 0 Å². The smallest absolute Gasteiger partial charge is 0.407 e. The molecule has 0 aromatic heterocycles. The van der Waals surface area contributed by atoms with Gasteiger partial charge in [0.15, 0.2) is 0 Å². The van der Waals surface area contributed by atoms with Crippen LogP contribution in [0.3, 0.4) is 0 Å². The van der Waals surface area contributed by atoms with Gasteiger partial charge in [-0.2, -0.15) is 0 Å². The van der Waals surface area contributed by atoms with Crippen molar-refractivity contribution >= 4 is 12.1 Å². The second kappa shape index (κ2) is 4.52. The first kappa shape index (κ1) is 12.2. The van der Waals surface area contributed by atoms with Crippen LogP contribution in [-0.4, -0.2) is 43.5 Å². The van der Waals surface area contributed by atoms with E-state index >= 15 is 0 Å². The maximum absolute atomic E-state index is 11.4. The highest BCUT2D eigenvalue weighted by molar-refractivity contribution is 5.82. The zero-order valence-electron chi connectivity index (χ0n) is 9.77. The highest BCUT2D eigenvalue weighted by Gasteiger charge is 2.65. The molecule has 6 nitrogen and oxygen atoms in total. The topological polar surface area (TPSA) is 84.9 Å². The standard InChI is InChI=1S/C11H17NO5/c1-16-10(15)12-8-6-11(8,9(13)14)7-2-4-17-5-3-7/h7-8H,2-6H2,1H3,(H,12,15)(H,13,14). The molecule has 17 heavy (non-hydrogen) atoms. The highest BCUT2D eigenvalue weighted by Crippen LogP contribution is 2.55. The molecule has 1 amide bonds. The fraction of sp³-hybridized carbons (Fsp3) is 0.818. The molecule has 0 bridgehead atoms. The van der Waals surface area contributed by atoms with Crippen LogP contribution in [0, 0.1) is 11.3 Å². The minimum atomic E-state index is -0.828. The van der Waals surface area contributed by atoms with E-state index in [9.17, 15) is 14.7 Å². The lowest BCUT2D eigenvalue weighted by Gasteiger charge is -2.28. The van der Waals surface area contributed by atoms with Gasteiger partial charge in [0.1, 0.15) is 0 Å². The van der Waals surface area contributed by atoms with E-state index in [0.717, 1.165) is 12.8 Å². The zero-order valence-corrected chi connectivity index (χ0v) is 9.77. The maximum atomic E-state index is 11.4. The first-order chi connectivity index (χ1) is 8.11. The van der Waals surface area contributed by atoms with E-state index in [1.807, 2.05) is 0 Å². The van der Waals surface area contributed by atoms with Crippen molar-refractivity contribution in [2.24, 2.45) is 11.3 Å². The summed E-state index contributed by atoms with van der Waals surface area (Å²) in [5.41, 5.74) is -0.808. The van der Waals surface area contributed by atoms with Gasteiger partial charge in [-0.25, -0.2) is 4.79 Å². The van der Waals surface area contributed by atoms with Crippen molar-refractivity contribution in [1.82, 2.24) is 5.32 Å². The fourth-order valence-electron chi connectivity index (χ4n) is 2.73. The van der Waals surface area contributed by atoms with Gasteiger partial charge in [-0.15, -0.1) is 0 Å². The predicted octanol–water partition coefficient (Wildman–Crippen LogP) is 0.612. The van der Waals surface area contributed by atoms with Gasteiger partial charge in [-0.05, 0) is 25.2 Å². The van der Waals surface area contributed by atoms with Gasteiger partial charge >= 0.3 is 12.1 Å². The molecule has 2 unspecified atom stereocenters.